The topological polar surface area (TPSA) is 15.3 Å². The van der Waals surface area contributed by atoms with E-state index in [1.807, 2.05) is 0 Å². The summed E-state index contributed by atoms with van der Waals surface area (Å²) in [6.45, 7) is 16.6. The van der Waals surface area contributed by atoms with E-state index in [0.717, 1.165) is 11.8 Å². The van der Waals surface area contributed by atoms with Crippen LogP contribution in [0.5, 0.6) is 0 Å². The summed E-state index contributed by atoms with van der Waals surface area (Å²) in [6, 6.07) is 0.594. The largest absolute Gasteiger partial charge is 0.314 e. The average molecular weight is 287 g/mol. The van der Waals surface area contributed by atoms with E-state index in [0.29, 0.717) is 11.5 Å². The molecule has 2 atom stereocenters. The molecule has 1 heterocycles. The molecular formula is C16H34N2S. The minimum Gasteiger partial charge on any atom is -0.314 e. The molecule has 1 aliphatic heterocycles. The first kappa shape index (κ1) is 17.3. The van der Waals surface area contributed by atoms with E-state index < -0.39 is 0 Å². The zero-order valence-corrected chi connectivity index (χ0v) is 14.5. The number of rotatable bonds is 8. The third kappa shape index (κ3) is 6.50. The Balaban J connectivity index is 2.51. The summed E-state index contributed by atoms with van der Waals surface area (Å²) < 4.78 is 0. The molecule has 0 saturated carbocycles. The van der Waals surface area contributed by atoms with Crippen molar-refractivity contribution in [1.82, 2.24) is 10.2 Å². The molecule has 1 saturated heterocycles. The lowest BCUT2D eigenvalue weighted by molar-refractivity contribution is 0.149. The highest BCUT2D eigenvalue weighted by atomic mass is 32.2. The molecule has 1 fully saturated rings. The molecule has 1 rings (SSSR count). The van der Waals surface area contributed by atoms with E-state index in [2.05, 4.69) is 56.6 Å². The Morgan fingerprint density at radius 3 is 2.68 bits per heavy atom. The van der Waals surface area contributed by atoms with Gasteiger partial charge in [-0.3, -0.25) is 0 Å². The van der Waals surface area contributed by atoms with Gasteiger partial charge in [0.2, 0.25) is 0 Å². The molecule has 2 unspecified atom stereocenters. The van der Waals surface area contributed by atoms with Crippen LogP contribution in [0, 0.1) is 5.41 Å². The summed E-state index contributed by atoms with van der Waals surface area (Å²) in [6.07, 6.45) is 3.93. The van der Waals surface area contributed by atoms with Crippen LogP contribution in [0.25, 0.3) is 0 Å². The van der Waals surface area contributed by atoms with Gasteiger partial charge < -0.3 is 10.2 Å². The third-order valence-corrected chi connectivity index (χ3v) is 5.45. The second-order valence-corrected chi connectivity index (χ2v) is 8.14. The average Bonchev–Trinajstić information content (AvgIpc) is 2.37. The lowest BCUT2D eigenvalue weighted by Gasteiger charge is -2.40. The van der Waals surface area contributed by atoms with Crippen molar-refractivity contribution in [2.24, 2.45) is 5.41 Å². The number of nitrogens with zero attached hydrogens (tertiary/aromatic N) is 1. The van der Waals surface area contributed by atoms with Crippen LogP contribution in [0.3, 0.4) is 0 Å². The van der Waals surface area contributed by atoms with Crippen molar-refractivity contribution in [2.75, 3.05) is 31.9 Å². The van der Waals surface area contributed by atoms with Gasteiger partial charge in [0, 0.05) is 43.2 Å². The highest BCUT2D eigenvalue weighted by Gasteiger charge is 2.29. The minimum atomic E-state index is 0.430. The molecule has 19 heavy (non-hydrogen) atoms. The molecular weight excluding hydrogens is 252 g/mol. The fourth-order valence-corrected chi connectivity index (χ4v) is 4.24. The molecule has 0 radical (unpaired) electrons. The Hall–Kier alpha value is 0.270. The summed E-state index contributed by atoms with van der Waals surface area (Å²) in [5.74, 6) is 1.32. The van der Waals surface area contributed by atoms with Crippen LogP contribution in [-0.2, 0) is 0 Å². The summed E-state index contributed by atoms with van der Waals surface area (Å²) >= 11 is 2.17. The summed E-state index contributed by atoms with van der Waals surface area (Å²) in [4.78, 5) is 2.71. The van der Waals surface area contributed by atoms with Gasteiger partial charge in [-0.15, -0.1) is 0 Å². The van der Waals surface area contributed by atoms with Gasteiger partial charge in [-0.05, 0) is 18.3 Å². The molecule has 1 aliphatic rings. The summed E-state index contributed by atoms with van der Waals surface area (Å²) in [5.41, 5.74) is 0.430. The van der Waals surface area contributed by atoms with Crippen LogP contribution >= 0.6 is 11.8 Å². The second kappa shape index (κ2) is 8.53. The highest BCUT2D eigenvalue weighted by molar-refractivity contribution is 8.00. The van der Waals surface area contributed by atoms with Crippen LogP contribution < -0.4 is 5.32 Å². The molecule has 0 aliphatic carbocycles. The second-order valence-electron chi connectivity index (χ2n) is 6.73. The van der Waals surface area contributed by atoms with Crippen LogP contribution in [0.15, 0.2) is 0 Å². The monoisotopic (exact) mass is 286 g/mol. The van der Waals surface area contributed by atoms with Gasteiger partial charge in [-0.2, -0.15) is 11.8 Å². The standard InChI is InChI=1S/C16H34N2S/c1-6-8-16(5,12-17-14(3)4)13-18-9-10-19-15(7-2)11-18/h14-15,17H,6-13H2,1-5H3. The molecule has 2 nitrogen and oxygen atoms in total. The first-order chi connectivity index (χ1) is 8.99. The molecule has 114 valence electrons. The van der Waals surface area contributed by atoms with E-state index in [1.54, 1.807) is 0 Å². The maximum Gasteiger partial charge on any atom is 0.0172 e. The molecule has 0 aromatic rings. The van der Waals surface area contributed by atoms with Gasteiger partial charge in [0.1, 0.15) is 0 Å². The summed E-state index contributed by atoms with van der Waals surface area (Å²) in [7, 11) is 0. The Morgan fingerprint density at radius 1 is 1.37 bits per heavy atom. The van der Waals surface area contributed by atoms with E-state index in [1.165, 1.54) is 44.6 Å². The lowest BCUT2D eigenvalue weighted by Crippen LogP contribution is -2.47. The Kier molecular flexibility index (Phi) is 7.78. The molecule has 0 aromatic carbocycles. The predicted molar refractivity (Wildman–Crippen MR) is 89.1 cm³/mol. The van der Waals surface area contributed by atoms with Gasteiger partial charge in [0.05, 0.1) is 0 Å². The SMILES string of the molecule is CCCC(C)(CNC(C)C)CN1CCSC(CC)C1. The number of hydrogen-bond acceptors (Lipinski definition) is 3. The normalized spacial score (nSPS) is 24.6. The highest BCUT2D eigenvalue weighted by Crippen LogP contribution is 2.28. The predicted octanol–water partition coefficient (Wildman–Crippen LogP) is 3.62. The Labute approximate surface area is 125 Å². The first-order valence-electron chi connectivity index (χ1n) is 8.06. The third-order valence-electron chi connectivity index (χ3n) is 4.07. The molecule has 0 spiro atoms. The van der Waals surface area contributed by atoms with Crippen LogP contribution in [-0.4, -0.2) is 48.1 Å². The maximum atomic E-state index is 3.65. The Bertz CT molecular complexity index is 245. The van der Waals surface area contributed by atoms with Gasteiger partial charge in [0.15, 0.2) is 0 Å². The number of thioether (sulfide) groups is 1. The minimum absolute atomic E-state index is 0.430. The molecule has 0 amide bonds. The van der Waals surface area contributed by atoms with Gasteiger partial charge >= 0.3 is 0 Å². The fourth-order valence-electron chi connectivity index (χ4n) is 2.99. The van der Waals surface area contributed by atoms with Crippen molar-refractivity contribution in [2.45, 2.75) is 65.2 Å². The number of hydrogen-bond donors (Lipinski definition) is 1. The van der Waals surface area contributed by atoms with E-state index in [-0.39, 0.29) is 0 Å². The van der Waals surface area contributed by atoms with Crippen LogP contribution in [0.4, 0.5) is 0 Å². The zero-order valence-electron chi connectivity index (χ0n) is 13.7. The molecule has 0 bridgehead atoms. The quantitative estimate of drug-likeness (QED) is 0.734. The van der Waals surface area contributed by atoms with Crippen LogP contribution in [0.1, 0.15) is 53.9 Å². The van der Waals surface area contributed by atoms with Crippen molar-refractivity contribution in [3.05, 3.63) is 0 Å². The van der Waals surface area contributed by atoms with Gasteiger partial charge in [-0.25, -0.2) is 0 Å². The van der Waals surface area contributed by atoms with Crippen molar-refractivity contribution in [3.63, 3.8) is 0 Å². The fraction of sp³-hybridized carbons (Fsp3) is 1.00. The number of nitrogens with one attached hydrogen (secondary N) is 1. The Morgan fingerprint density at radius 2 is 2.11 bits per heavy atom. The lowest BCUT2D eigenvalue weighted by atomic mass is 9.84. The van der Waals surface area contributed by atoms with Crippen molar-refractivity contribution in [1.29, 1.82) is 0 Å². The molecule has 0 aromatic heterocycles. The molecule has 1 N–H and O–H groups in total. The van der Waals surface area contributed by atoms with E-state index >= 15 is 0 Å². The first-order valence-corrected chi connectivity index (χ1v) is 9.11. The van der Waals surface area contributed by atoms with Crippen LogP contribution in [0.2, 0.25) is 0 Å². The maximum absolute atomic E-state index is 3.65. The van der Waals surface area contributed by atoms with Crippen molar-refractivity contribution < 1.29 is 0 Å². The van der Waals surface area contributed by atoms with Gasteiger partial charge in [-0.1, -0.05) is 41.0 Å². The van der Waals surface area contributed by atoms with E-state index in [9.17, 15) is 0 Å². The van der Waals surface area contributed by atoms with Gasteiger partial charge in [0.25, 0.3) is 0 Å². The van der Waals surface area contributed by atoms with Crippen molar-refractivity contribution >= 4 is 11.8 Å². The smallest absolute Gasteiger partial charge is 0.0172 e. The zero-order chi connectivity index (χ0) is 14.3. The van der Waals surface area contributed by atoms with E-state index in [4.69, 9.17) is 0 Å². The summed E-state index contributed by atoms with van der Waals surface area (Å²) in [5, 5.41) is 4.51. The molecule has 3 heteroatoms. The van der Waals surface area contributed by atoms with Crippen molar-refractivity contribution in [3.8, 4) is 0 Å².